The van der Waals surface area contributed by atoms with E-state index in [2.05, 4.69) is 14.9 Å². The number of aromatic nitrogens is 2. The lowest BCUT2D eigenvalue weighted by Crippen LogP contribution is -2.32. The van der Waals surface area contributed by atoms with Gasteiger partial charge in [0.15, 0.2) is 0 Å². The van der Waals surface area contributed by atoms with Gasteiger partial charge in [-0.2, -0.15) is 0 Å². The average Bonchev–Trinajstić information content (AvgIpc) is 2.39. The molecule has 0 spiro atoms. The third-order valence-corrected chi connectivity index (χ3v) is 3.76. The summed E-state index contributed by atoms with van der Waals surface area (Å²) in [4.78, 5) is 11.4. The SMILES string of the molecule is c1nc2c(c(N3CCCCC3)n1)CCCC2. The first kappa shape index (κ1) is 10.1. The van der Waals surface area contributed by atoms with Crippen molar-refractivity contribution in [3.05, 3.63) is 17.6 Å². The molecule has 0 unspecified atom stereocenters. The number of fused-ring (bicyclic) bond motifs is 1. The molecule has 0 saturated carbocycles. The highest BCUT2D eigenvalue weighted by atomic mass is 15.2. The molecule has 86 valence electrons. The first-order valence-electron chi connectivity index (χ1n) is 6.53. The summed E-state index contributed by atoms with van der Waals surface area (Å²) < 4.78 is 0. The van der Waals surface area contributed by atoms with Crippen LogP contribution in [-0.4, -0.2) is 23.1 Å². The second kappa shape index (κ2) is 4.40. The highest BCUT2D eigenvalue weighted by Crippen LogP contribution is 2.28. The Balaban J connectivity index is 1.93. The van der Waals surface area contributed by atoms with E-state index in [0.717, 1.165) is 6.42 Å². The molecule has 0 atom stereocenters. The predicted molar refractivity (Wildman–Crippen MR) is 64.7 cm³/mol. The monoisotopic (exact) mass is 217 g/mol. The standard InChI is InChI=1S/C13H19N3/c1-4-8-16(9-5-1)13-11-6-2-3-7-12(11)14-10-15-13/h10H,1-9H2. The zero-order valence-electron chi connectivity index (χ0n) is 9.78. The van der Waals surface area contributed by atoms with Crippen molar-refractivity contribution in [1.29, 1.82) is 0 Å². The lowest BCUT2D eigenvalue weighted by atomic mass is 9.96. The van der Waals surface area contributed by atoms with E-state index in [1.165, 1.54) is 68.7 Å². The second-order valence-corrected chi connectivity index (χ2v) is 4.88. The third-order valence-electron chi connectivity index (χ3n) is 3.76. The molecule has 0 amide bonds. The Labute approximate surface area is 96.9 Å². The minimum Gasteiger partial charge on any atom is -0.356 e. The zero-order chi connectivity index (χ0) is 10.8. The summed E-state index contributed by atoms with van der Waals surface area (Å²) in [5, 5.41) is 0. The summed E-state index contributed by atoms with van der Waals surface area (Å²) in [6.07, 6.45) is 10.7. The van der Waals surface area contributed by atoms with Crippen molar-refractivity contribution in [1.82, 2.24) is 9.97 Å². The number of rotatable bonds is 1. The van der Waals surface area contributed by atoms with Crippen LogP contribution in [0.1, 0.15) is 43.4 Å². The topological polar surface area (TPSA) is 29.0 Å². The molecular weight excluding hydrogens is 198 g/mol. The van der Waals surface area contributed by atoms with Gasteiger partial charge in [-0.05, 0) is 44.9 Å². The van der Waals surface area contributed by atoms with Gasteiger partial charge in [-0.1, -0.05) is 0 Å². The van der Waals surface area contributed by atoms with Gasteiger partial charge >= 0.3 is 0 Å². The van der Waals surface area contributed by atoms with Crippen LogP contribution in [0.15, 0.2) is 6.33 Å². The second-order valence-electron chi connectivity index (χ2n) is 4.88. The molecule has 0 aromatic carbocycles. The maximum atomic E-state index is 4.53. The zero-order valence-corrected chi connectivity index (χ0v) is 9.78. The highest BCUT2D eigenvalue weighted by molar-refractivity contribution is 5.49. The van der Waals surface area contributed by atoms with Gasteiger partial charge in [-0.25, -0.2) is 9.97 Å². The molecule has 0 N–H and O–H groups in total. The fraction of sp³-hybridized carbons (Fsp3) is 0.692. The Morgan fingerprint density at radius 2 is 1.69 bits per heavy atom. The van der Waals surface area contributed by atoms with Crippen LogP contribution >= 0.6 is 0 Å². The summed E-state index contributed by atoms with van der Waals surface area (Å²) in [6.45, 7) is 2.37. The molecule has 3 nitrogen and oxygen atoms in total. The molecule has 3 rings (SSSR count). The van der Waals surface area contributed by atoms with Crippen LogP contribution in [0, 0.1) is 0 Å². The van der Waals surface area contributed by atoms with Gasteiger partial charge in [0.1, 0.15) is 12.1 Å². The van der Waals surface area contributed by atoms with Crippen molar-refractivity contribution in [2.45, 2.75) is 44.9 Å². The largest absolute Gasteiger partial charge is 0.356 e. The molecule has 16 heavy (non-hydrogen) atoms. The van der Waals surface area contributed by atoms with Crippen LogP contribution in [0.2, 0.25) is 0 Å². The fourth-order valence-corrected chi connectivity index (χ4v) is 2.88. The first-order valence-corrected chi connectivity index (χ1v) is 6.53. The van der Waals surface area contributed by atoms with Gasteiger partial charge in [0.05, 0.1) is 0 Å². The maximum Gasteiger partial charge on any atom is 0.135 e. The lowest BCUT2D eigenvalue weighted by molar-refractivity contribution is 0.565. The number of hydrogen-bond donors (Lipinski definition) is 0. The number of nitrogens with zero attached hydrogens (tertiary/aromatic N) is 3. The quantitative estimate of drug-likeness (QED) is 0.723. The molecule has 2 aliphatic rings. The normalized spacial score (nSPS) is 20.6. The maximum absolute atomic E-state index is 4.53. The summed E-state index contributed by atoms with van der Waals surface area (Å²) in [6, 6.07) is 0. The molecule has 1 aliphatic heterocycles. The molecular formula is C13H19N3. The minimum absolute atomic E-state index is 1.15. The van der Waals surface area contributed by atoms with Crippen LogP contribution in [-0.2, 0) is 12.8 Å². The lowest BCUT2D eigenvalue weighted by Gasteiger charge is -2.30. The van der Waals surface area contributed by atoms with E-state index in [9.17, 15) is 0 Å². The Bertz CT molecular complexity index is 369. The molecule has 1 saturated heterocycles. The number of anilines is 1. The van der Waals surface area contributed by atoms with E-state index < -0.39 is 0 Å². The van der Waals surface area contributed by atoms with Crippen molar-refractivity contribution >= 4 is 5.82 Å². The third kappa shape index (κ3) is 1.79. The van der Waals surface area contributed by atoms with Crippen molar-refractivity contribution in [2.24, 2.45) is 0 Å². The molecule has 1 aromatic heterocycles. The number of piperidine rings is 1. The van der Waals surface area contributed by atoms with Gasteiger partial charge in [0, 0.05) is 24.3 Å². The molecule has 1 aromatic rings. The Morgan fingerprint density at radius 1 is 0.875 bits per heavy atom. The van der Waals surface area contributed by atoms with Gasteiger partial charge in [0.25, 0.3) is 0 Å². The van der Waals surface area contributed by atoms with Gasteiger partial charge in [-0.15, -0.1) is 0 Å². The highest BCUT2D eigenvalue weighted by Gasteiger charge is 2.20. The summed E-state index contributed by atoms with van der Waals surface area (Å²) in [5.41, 5.74) is 2.75. The van der Waals surface area contributed by atoms with Crippen LogP contribution in [0.4, 0.5) is 5.82 Å². The van der Waals surface area contributed by atoms with E-state index >= 15 is 0 Å². The molecule has 0 radical (unpaired) electrons. The molecule has 3 heteroatoms. The van der Waals surface area contributed by atoms with E-state index in [1.54, 1.807) is 6.33 Å². The number of aryl methyl sites for hydroxylation is 1. The average molecular weight is 217 g/mol. The van der Waals surface area contributed by atoms with E-state index in [0.29, 0.717) is 0 Å². The van der Waals surface area contributed by atoms with Crippen LogP contribution in [0.5, 0.6) is 0 Å². The number of hydrogen-bond acceptors (Lipinski definition) is 3. The Kier molecular flexibility index (Phi) is 2.77. The Morgan fingerprint density at radius 3 is 2.56 bits per heavy atom. The van der Waals surface area contributed by atoms with Gasteiger partial charge in [0.2, 0.25) is 0 Å². The molecule has 1 aliphatic carbocycles. The first-order chi connectivity index (χ1) is 7.95. The van der Waals surface area contributed by atoms with Crippen LogP contribution < -0.4 is 4.90 Å². The van der Waals surface area contributed by atoms with Gasteiger partial charge < -0.3 is 4.90 Å². The molecule has 2 heterocycles. The molecule has 0 bridgehead atoms. The van der Waals surface area contributed by atoms with E-state index in [-0.39, 0.29) is 0 Å². The van der Waals surface area contributed by atoms with Gasteiger partial charge in [-0.3, -0.25) is 0 Å². The summed E-state index contributed by atoms with van der Waals surface area (Å²) >= 11 is 0. The summed E-state index contributed by atoms with van der Waals surface area (Å²) in [5.74, 6) is 1.24. The fourth-order valence-electron chi connectivity index (χ4n) is 2.88. The smallest absolute Gasteiger partial charge is 0.135 e. The molecule has 1 fully saturated rings. The predicted octanol–water partition coefficient (Wildman–Crippen LogP) is 2.35. The van der Waals surface area contributed by atoms with Crippen molar-refractivity contribution < 1.29 is 0 Å². The van der Waals surface area contributed by atoms with Crippen molar-refractivity contribution in [3.63, 3.8) is 0 Å². The minimum atomic E-state index is 1.15. The van der Waals surface area contributed by atoms with Crippen LogP contribution in [0.3, 0.4) is 0 Å². The van der Waals surface area contributed by atoms with E-state index in [4.69, 9.17) is 0 Å². The van der Waals surface area contributed by atoms with Crippen molar-refractivity contribution in [2.75, 3.05) is 18.0 Å². The Hall–Kier alpha value is -1.12. The van der Waals surface area contributed by atoms with Crippen molar-refractivity contribution in [3.8, 4) is 0 Å². The van der Waals surface area contributed by atoms with Crippen LogP contribution in [0.25, 0.3) is 0 Å². The summed E-state index contributed by atoms with van der Waals surface area (Å²) in [7, 11) is 0. The van der Waals surface area contributed by atoms with E-state index in [1.807, 2.05) is 0 Å².